The zero-order chi connectivity index (χ0) is 21.4. The van der Waals surface area contributed by atoms with Gasteiger partial charge in [0, 0.05) is 0 Å². The Labute approximate surface area is 189 Å². The van der Waals surface area contributed by atoms with Crippen LogP contribution in [0.15, 0.2) is 0 Å². The Kier molecular flexibility index (Phi) is 7.02. The third kappa shape index (κ3) is 4.41. The molecule has 174 valence electrons. The van der Waals surface area contributed by atoms with Crippen LogP contribution in [0.1, 0.15) is 144 Å². The smallest absolute Gasteiger partial charge is 0.0259 e. The molecule has 4 aliphatic carbocycles. The van der Waals surface area contributed by atoms with Crippen LogP contribution in [0.25, 0.3) is 0 Å². The van der Waals surface area contributed by atoms with Crippen molar-refractivity contribution in [2.45, 2.75) is 144 Å². The Morgan fingerprint density at radius 1 is 0.600 bits per heavy atom. The van der Waals surface area contributed by atoms with E-state index in [9.17, 15) is 0 Å². The molecule has 4 atom stereocenters. The Bertz CT molecular complexity index is 544. The maximum Gasteiger partial charge on any atom is -0.0259 e. The molecule has 0 aromatic carbocycles. The molecule has 4 fully saturated rings. The lowest BCUT2D eigenvalue weighted by atomic mass is 9.44. The molecule has 0 radical (unpaired) electrons. The zero-order valence-corrected chi connectivity index (χ0v) is 21.4. The highest BCUT2D eigenvalue weighted by molar-refractivity contribution is 5.05. The van der Waals surface area contributed by atoms with Gasteiger partial charge in [0.05, 0.1) is 0 Å². The van der Waals surface area contributed by atoms with Gasteiger partial charge in [-0.15, -0.1) is 0 Å². The van der Waals surface area contributed by atoms with Crippen LogP contribution in [-0.4, -0.2) is 0 Å². The van der Waals surface area contributed by atoms with E-state index in [2.05, 4.69) is 34.6 Å². The summed E-state index contributed by atoms with van der Waals surface area (Å²) in [4.78, 5) is 0. The second-order valence-corrected chi connectivity index (χ2v) is 13.9. The summed E-state index contributed by atoms with van der Waals surface area (Å²) in [6, 6.07) is 0. The molecule has 4 saturated carbocycles. The molecule has 0 aromatic heterocycles. The van der Waals surface area contributed by atoms with Crippen molar-refractivity contribution in [2.24, 2.45) is 45.8 Å². The quantitative estimate of drug-likeness (QED) is 0.420. The predicted molar refractivity (Wildman–Crippen MR) is 132 cm³/mol. The van der Waals surface area contributed by atoms with Gasteiger partial charge < -0.3 is 0 Å². The standard InChI is InChI=1S/C30H54/c1-28(2,24-15-8-6-9-16-24)22-30(5,25-17-10-7-11-18-25)27-21-20-23-14-12-13-19-26(23)29(27,3)4/h23-27H,6-22H2,1-5H3. The summed E-state index contributed by atoms with van der Waals surface area (Å²) in [5.74, 6) is 4.95. The van der Waals surface area contributed by atoms with Crippen molar-refractivity contribution < 1.29 is 0 Å². The van der Waals surface area contributed by atoms with Gasteiger partial charge in [-0.05, 0) is 97.2 Å². The second-order valence-electron chi connectivity index (χ2n) is 13.9. The van der Waals surface area contributed by atoms with E-state index >= 15 is 0 Å². The molecule has 0 heteroatoms. The summed E-state index contributed by atoms with van der Waals surface area (Å²) in [6.45, 7) is 13.7. The summed E-state index contributed by atoms with van der Waals surface area (Å²) >= 11 is 0. The Morgan fingerprint density at radius 3 is 1.77 bits per heavy atom. The normalized spacial score (nSPS) is 36.1. The highest BCUT2D eigenvalue weighted by atomic mass is 14.6. The maximum absolute atomic E-state index is 2.82. The largest absolute Gasteiger partial charge is 0.0596 e. The third-order valence-corrected chi connectivity index (χ3v) is 11.5. The molecule has 30 heavy (non-hydrogen) atoms. The molecule has 4 rings (SSSR count). The maximum atomic E-state index is 2.82. The van der Waals surface area contributed by atoms with Crippen molar-refractivity contribution in [1.29, 1.82) is 0 Å². The molecular formula is C30H54. The Hall–Kier alpha value is 0. The molecule has 0 aliphatic heterocycles. The first-order valence-corrected chi connectivity index (χ1v) is 14.2. The Balaban J connectivity index is 1.63. The molecule has 4 unspecified atom stereocenters. The average Bonchev–Trinajstić information content (AvgIpc) is 2.74. The van der Waals surface area contributed by atoms with Gasteiger partial charge in [-0.2, -0.15) is 0 Å². The van der Waals surface area contributed by atoms with Crippen molar-refractivity contribution in [2.75, 3.05) is 0 Å². The molecule has 0 heterocycles. The van der Waals surface area contributed by atoms with E-state index < -0.39 is 0 Å². The van der Waals surface area contributed by atoms with E-state index in [-0.39, 0.29) is 0 Å². The summed E-state index contributed by atoms with van der Waals surface area (Å²) in [5.41, 5.74) is 1.61. The summed E-state index contributed by atoms with van der Waals surface area (Å²) in [7, 11) is 0. The number of hydrogen-bond donors (Lipinski definition) is 0. The van der Waals surface area contributed by atoms with E-state index in [4.69, 9.17) is 0 Å². The van der Waals surface area contributed by atoms with Gasteiger partial charge in [0.15, 0.2) is 0 Å². The van der Waals surface area contributed by atoms with Crippen molar-refractivity contribution >= 4 is 0 Å². The minimum absolute atomic E-state index is 0.520. The van der Waals surface area contributed by atoms with Crippen LogP contribution in [0.4, 0.5) is 0 Å². The molecular weight excluding hydrogens is 360 g/mol. The first kappa shape index (κ1) is 23.2. The third-order valence-electron chi connectivity index (χ3n) is 11.5. The number of fused-ring (bicyclic) bond motifs is 1. The summed E-state index contributed by atoms with van der Waals surface area (Å²) in [6.07, 6.45) is 25.7. The van der Waals surface area contributed by atoms with Gasteiger partial charge in [-0.3, -0.25) is 0 Å². The second kappa shape index (κ2) is 9.09. The van der Waals surface area contributed by atoms with Crippen LogP contribution >= 0.6 is 0 Å². The van der Waals surface area contributed by atoms with Crippen molar-refractivity contribution in [3.05, 3.63) is 0 Å². The first-order chi connectivity index (χ1) is 14.2. The van der Waals surface area contributed by atoms with E-state index in [1.165, 1.54) is 103 Å². The topological polar surface area (TPSA) is 0 Å². The lowest BCUT2D eigenvalue weighted by molar-refractivity contribution is -0.118. The fourth-order valence-electron chi connectivity index (χ4n) is 10.0. The monoisotopic (exact) mass is 414 g/mol. The van der Waals surface area contributed by atoms with E-state index in [0.717, 1.165) is 29.6 Å². The van der Waals surface area contributed by atoms with Gasteiger partial charge >= 0.3 is 0 Å². The molecule has 0 bridgehead atoms. The first-order valence-electron chi connectivity index (χ1n) is 14.2. The minimum Gasteiger partial charge on any atom is -0.0596 e. The number of hydrogen-bond acceptors (Lipinski definition) is 0. The minimum atomic E-state index is 0.520. The fraction of sp³-hybridized carbons (Fsp3) is 1.00. The SMILES string of the molecule is CC(C)(CC(C)(C1CCCCC1)C1CCC2CCCCC2C1(C)C)C1CCCCC1. The van der Waals surface area contributed by atoms with Crippen LogP contribution in [-0.2, 0) is 0 Å². The van der Waals surface area contributed by atoms with Crippen LogP contribution in [0.3, 0.4) is 0 Å². The summed E-state index contributed by atoms with van der Waals surface area (Å²) in [5, 5.41) is 0. The van der Waals surface area contributed by atoms with E-state index in [0.29, 0.717) is 16.2 Å². The van der Waals surface area contributed by atoms with Crippen molar-refractivity contribution in [3.8, 4) is 0 Å². The zero-order valence-electron chi connectivity index (χ0n) is 21.4. The molecule has 0 N–H and O–H groups in total. The van der Waals surface area contributed by atoms with Gasteiger partial charge in [-0.1, -0.05) is 92.4 Å². The highest BCUT2D eigenvalue weighted by Crippen LogP contribution is 2.64. The predicted octanol–water partition coefficient (Wildman–Crippen LogP) is 9.81. The highest BCUT2D eigenvalue weighted by Gasteiger charge is 2.55. The fourth-order valence-corrected chi connectivity index (χ4v) is 10.0. The van der Waals surface area contributed by atoms with Crippen LogP contribution in [0.5, 0.6) is 0 Å². The van der Waals surface area contributed by atoms with Gasteiger partial charge in [0.1, 0.15) is 0 Å². The van der Waals surface area contributed by atoms with Gasteiger partial charge in [-0.25, -0.2) is 0 Å². The molecule has 0 aromatic rings. The van der Waals surface area contributed by atoms with Crippen LogP contribution in [0.2, 0.25) is 0 Å². The lowest BCUT2D eigenvalue weighted by Crippen LogP contribution is -2.53. The molecule has 0 nitrogen and oxygen atoms in total. The van der Waals surface area contributed by atoms with E-state index in [1.807, 2.05) is 0 Å². The summed E-state index contributed by atoms with van der Waals surface area (Å²) < 4.78 is 0. The van der Waals surface area contributed by atoms with Gasteiger partial charge in [0.2, 0.25) is 0 Å². The molecule has 4 aliphatic rings. The van der Waals surface area contributed by atoms with Crippen LogP contribution in [0, 0.1) is 45.8 Å². The van der Waals surface area contributed by atoms with Gasteiger partial charge in [0.25, 0.3) is 0 Å². The lowest BCUT2D eigenvalue weighted by Gasteiger charge is -2.61. The average molecular weight is 415 g/mol. The molecule has 0 spiro atoms. The van der Waals surface area contributed by atoms with E-state index in [1.54, 1.807) is 6.42 Å². The Morgan fingerprint density at radius 2 is 1.13 bits per heavy atom. The van der Waals surface area contributed by atoms with Crippen molar-refractivity contribution in [3.63, 3.8) is 0 Å². The molecule has 0 saturated heterocycles. The van der Waals surface area contributed by atoms with Crippen molar-refractivity contribution in [1.82, 2.24) is 0 Å². The molecule has 0 amide bonds. The van der Waals surface area contributed by atoms with Crippen LogP contribution < -0.4 is 0 Å². The number of rotatable bonds is 5.